The van der Waals surface area contributed by atoms with Gasteiger partial charge >= 0.3 is 0 Å². The van der Waals surface area contributed by atoms with Crippen LogP contribution in [-0.4, -0.2) is 13.0 Å². The first kappa shape index (κ1) is 19.0. The highest BCUT2D eigenvalue weighted by Crippen LogP contribution is 2.23. The zero-order valence-corrected chi connectivity index (χ0v) is 15.0. The monoisotopic (exact) mass is 389 g/mol. The third kappa shape index (κ3) is 5.12. The van der Waals surface area contributed by atoms with Crippen molar-refractivity contribution in [3.8, 4) is 0 Å². The second-order valence-electron chi connectivity index (χ2n) is 6.08. The van der Waals surface area contributed by atoms with Crippen molar-refractivity contribution in [1.29, 1.82) is 0 Å². The predicted octanol–water partition coefficient (Wildman–Crippen LogP) is 4.42. The smallest absolute Gasteiger partial charge is 0.294 e. The molecule has 0 aliphatic carbocycles. The zero-order chi connectivity index (χ0) is 19.4. The average molecular weight is 389 g/mol. The quantitative estimate of drug-likeness (QED) is 0.634. The highest BCUT2D eigenvalue weighted by atomic mass is 32.2. The highest BCUT2D eigenvalue weighted by Gasteiger charge is 2.13. The third-order valence-corrected chi connectivity index (χ3v) is 4.94. The molecule has 0 atom stereocenters. The first-order chi connectivity index (χ1) is 12.8. The predicted molar refractivity (Wildman–Crippen MR) is 98.9 cm³/mol. The summed E-state index contributed by atoms with van der Waals surface area (Å²) in [6.07, 6.45) is 0. The molecule has 0 saturated heterocycles. The van der Waals surface area contributed by atoms with Crippen LogP contribution in [0.3, 0.4) is 0 Å². The number of anilines is 1. The molecule has 0 spiro atoms. The topological polar surface area (TPSA) is 57.6 Å². The first-order valence-corrected chi connectivity index (χ1v) is 9.57. The van der Waals surface area contributed by atoms with E-state index in [0.717, 1.165) is 11.1 Å². The molecule has 0 heterocycles. The minimum Gasteiger partial charge on any atom is -0.363 e. The van der Waals surface area contributed by atoms with Crippen LogP contribution in [0.2, 0.25) is 0 Å². The lowest BCUT2D eigenvalue weighted by Gasteiger charge is -2.25. The molecule has 3 aromatic carbocycles. The summed E-state index contributed by atoms with van der Waals surface area (Å²) in [6, 6.07) is 17.9. The highest BCUT2D eigenvalue weighted by molar-refractivity contribution is 7.85. The average Bonchev–Trinajstić information content (AvgIpc) is 2.64. The van der Waals surface area contributed by atoms with Crippen molar-refractivity contribution >= 4 is 15.8 Å². The Bertz CT molecular complexity index is 955. The number of benzene rings is 3. The molecule has 0 amide bonds. The van der Waals surface area contributed by atoms with Crippen LogP contribution in [0, 0.1) is 11.6 Å². The molecule has 0 saturated carbocycles. The molecule has 4 nitrogen and oxygen atoms in total. The molecular weight excluding hydrogens is 372 g/mol. The van der Waals surface area contributed by atoms with Gasteiger partial charge in [-0.05, 0) is 59.7 Å². The summed E-state index contributed by atoms with van der Waals surface area (Å²) >= 11 is 0. The van der Waals surface area contributed by atoms with Crippen molar-refractivity contribution in [2.45, 2.75) is 18.0 Å². The number of halogens is 2. The summed E-state index contributed by atoms with van der Waals surface area (Å²) in [6.45, 7) is 0.867. The van der Waals surface area contributed by atoms with Gasteiger partial charge in [-0.15, -0.1) is 0 Å². The van der Waals surface area contributed by atoms with Crippen molar-refractivity contribution in [2.75, 3.05) is 4.90 Å². The Balaban J connectivity index is 1.90. The molecule has 0 aliphatic rings. The Hall–Kier alpha value is -2.77. The fourth-order valence-electron chi connectivity index (χ4n) is 2.69. The second-order valence-corrected chi connectivity index (χ2v) is 7.50. The normalized spacial score (nSPS) is 11.4. The fraction of sp³-hybridized carbons (Fsp3) is 0.100. The van der Waals surface area contributed by atoms with Crippen LogP contribution >= 0.6 is 0 Å². The van der Waals surface area contributed by atoms with Gasteiger partial charge in [0, 0.05) is 18.8 Å². The maximum Gasteiger partial charge on any atom is 0.294 e. The second kappa shape index (κ2) is 7.85. The van der Waals surface area contributed by atoms with E-state index in [4.69, 9.17) is 4.55 Å². The van der Waals surface area contributed by atoms with E-state index in [1.54, 1.807) is 36.4 Å². The van der Waals surface area contributed by atoms with Gasteiger partial charge in [0.2, 0.25) is 0 Å². The summed E-state index contributed by atoms with van der Waals surface area (Å²) in [4.78, 5) is 1.74. The minimum absolute atomic E-state index is 0.199. The van der Waals surface area contributed by atoms with Gasteiger partial charge < -0.3 is 4.90 Å². The summed E-state index contributed by atoms with van der Waals surface area (Å²) in [5, 5.41) is 0. The van der Waals surface area contributed by atoms with Gasteiger partial charge in [0.25, 0.3) is 10.1 Å². The van der Waals surface area contributed by atoms with Crippen LogP contribution in [0.5, 0.6) is 0 Å². The Morgan fingerprint density at radius 1 is 0.704 bits per heavy atom. The molecule has 0 unspecified atom stereocenters. The number of hydrogen-bond acceptors (Lipinski definition) is 3. The molecule has 3 rings (SSSR count). The molecule has 1 N–H and O–H groups in total. The molecule has 0 aromatic heterocycles. The van der Waals surface area contributed by atoms with Gasteiger partial charge in [-0.25, -0.2) is 8.78 Å². The van der Waals surface area contributed by atoms with E-state index < -0.39 is 10.1 Å². The van der Waals surface area contributed by atoms with Gasteiger partial charge in [0.15, 0.2) is 0 Å². The van der Waals surface area contributed by atoms with Crippen LogP contribution in [0.25, 0.3) is 0 Å². The lowest BCUT2D eigenvalue weighted by Crippen LogP contribution is -2.22. The summed E-state index contributed by atoms with van der Waals surface area (Å²) in [5.74, 6) is -0.664. The Kier molecular flexibility index (Phi) is 5.53. The van der Waals surface area contributed by atoms with Gasteiger partial charge in [-0.2, -0.15) is 8.42 Å². The van der Waals surface area contributed by atoms with Gasteiger partial charge in [-0.3, -0.25) is 4.55 Å². The maximum atomic E-state index is 13.2. The first-order valence-electron chi connectivity index (χ1n) is 8.13. The summed E-state index contributed by atoms with van der Waals surface area (Å²) in [7, 11) is -4.27. The minimum atomic E-state index is -4.27. The van der Waals surface area contributed by atoms with Crippen LogP contribution in [0.15, 0.2) is 77.7 Å². The van der Waals surface area contributed by atoms with Crippen LogP contribution in [0.4, 0.5) is 14.5 Å². The van der Waals surface area contributed by atoms with E-state index in [9.17, 15) is 17.2 Å². The van der Waals surface area contributed by atoms with Crippen molar-refractivity contribution in [3.05, 3.63) is 95.6 Å². The molecule has 0 fully saturated rings. The number of hydrogen-bond donors (Lipinski definition) is 1. The Morgan fingerprint density at radius 2 is 1.11 bits per heavy atom. The van der Waals surface area contributed by atoms with Crippen LogP contribution in [0.1, 0.15) is 11.1 Å². The molecular formula is C20H17F2NO3S. The molecule has 3 aromatic rings. The van der Waals surface area contributed by atoms with E-state index >= 15 is 0 Å². The zero-order valence-electron chi connectivity index (χ0n) is 14.2. The lowest BCUT2D eigenvalue weighted by atomic mass is 10.1. The largest absolute Gasteiger partial charge is 0.363 e. The fourth-order valence-corrected chi connectivity index (χ4v) is 3.17. The third-order valence-electron chi connectivity index (χ3n) is 4.07. The lowest BCUT2D eigenvalue weighted by molar-refractivity contribution is 0.483. The maximum absolute atomic E-state index is 13.2. The molecule has 140 valence electrons. The van der Waals surface area contributed by atoms with Crippen LogP contribution < -0.4 is 4.90 Å². The van der Waals surface area contributed by atoms with E-state index in [2.05, 4.69) is 0 Å². The van der Waals surface area contributed by atoms with E-state index in [-0.39, 0.29) is 16.5 Å². The van der Waals surface area contributed by atoms with Crippen LogP contribution in [-0.2, 0) is 23.2 Å². The van der Waals surface area contributed by atoms with Gasteiger partial charge in [0.1, 0.15) is 11.6 Å². The van der Waals surface area contributed by atoms with E-state index in [1.807, 2.05) is 4.90 Å². The van der Waals surface area contributed by atoms with E-state index in [0.29, 0.717) is 18.8 Å². The van der Waals surface area contributed by atoms with Crippen molar-refractivity contribution in [3.63, 3.8) is 0 Å². The summed E-state index contributed by atoms with van der Waals surface area (Å²) in [5.41, 5.74) is 2.42. The molecule has 27 heavy (non-hydrogen) atoms. The van der Waals surface area contributed by atoms with Crippen molar-refractivity contribution in [1.82, 2.24) is 0 Å². The number of nitrogens with zero attached hydrogens (tertiary/aromatic N) is 1. The number of rotatable bonds is 6. The molecule has 0 aliphatic heterocycles. The molecule has 0 radical (unpaired) electrons. The standard InChI is InChI=1S/C20H17F2NO3S/c21-17-5-1-15(2-6-17)13-23(14-16-3-7-18(22)8-4-16)19-9-11-20(12-10-19)27(24,25)26/h1-12H,13-14H2,(H,24,25,26). The van der Waals surface area contributed by atoms with Gasteiger partial charge in [0.05, 0.1) is 4.90 Å². The van der Waals surface area contributed by atoms with Crippen molar-refractivity contribution < 1.29 is 21.8 Å². The van der Waals surface area contributed by atoms with Crippen molar-refractivity contribution in [2.24, 2.45) is 0 Å². The molecule has 0 bridgehead atoms. The Morgan fingerprint density at radius 3 is 1.48 bits per heavy atom. The SMILES string of the molecule is O=S(=O)(O)c1ccc(N(Cc2ccc(F)cc2)Cc2ccc(F)cc2)cc1. The molecule has 7 heteroatoms. The summed E-state index contributed by atoms with van der Waals surface area (Å²) < 4.78 is 57.9. The van der Waals surface area contributed by atoms with Gasteiger partial charge in [-0.1, -0.05) is 24.3 Å². The van der Waals surface area contributed by atoms with E-state index in [1.165, 1.54) is 36.4 Å². The Labute approximate surface area is 156 Å².